The molecule has 0 bridgehead atoms. The number of piperidine rings is 1. The molecule has 4 N–H and O–H groups in total. The Hall–Kier alpha value is -2.13. The second-order valence-electron chi connectivity index (χ2n) is 5.56. The van der Waals surface area contributed by atoms with E-state index in [1.54, 1.807) is 4.90 Å². The van der Waals surface area contributed by atoms with Crippen molar-refractivity contribution in [1.82, 2.24) is 4.90 Å². The van der Waals surface area contributed by atoms with Crippen LogP contribution in [0.25, 0.3) is 0 Å². The number of nitrogens with two attached hydrogens (primary N) is 2. The molecule has 0 saturated carbocycles. The fourth-order valence-electron chi connectivity index (χ4n) is 2.73. The maximum Gasteiger partial charge on any atom is 0.283 e. The van der Waals surface area contributed by atoms with Crippen LogP contribution in [0.4, 0.5) is 5.69 Å². The fraction of sp³-hybridized carbons (Fsp3) is 0.467. The Morgan fingerprint density at radius 3 is 2.75 bits per heavy atom. The molecule has 2 rings (SSSR count). The van der Waals surface area contributed by atoms with Crippen molar-refractivity contribution in [2.75, 3.05) is 18.8 Å². The Kier molecular flexibility index (Phi) is 6.16. The zero-order valence-corrected chi connectivity index (χ0v) is 14.0. The lowest BCUT2D eigenvalue weighted by Gasteiger charge is -2.35. The van der Waals surface area contributed by atoms with E-state index in [1.165, 1.54) is 12.1 Å². The van der Waals surface area contributed by atoms with Gasteiger partial charge in [-0.3, -0.25) is 19.7 Å². The van der Waals surface area contributed by atoms with Gasteiger partial charge in [0.15, 0.2) is 0 Å². The predicted octanol–water partition coefficient (Wildman–Crippen LogP) is 1.13. The molecule has 1 saturated heterocycles. The van der Waals surface area contributed by atoms with Gasteiger partial charge in [-0.2, -0.15) is 0 Å². The molecule has 1 aliphatic rings. The SMILES string of the molecule is NCC1CCCCN1C(=O)CSc1ccc(C(N)=O)cc1[N+](=O)[O-]. The van der Waals surface area contributed by atoms with Crippen LogP contribution in [0, 0.1) is 10.1 Å². The molecule has 1 heterocycles. The fourth-order valence-corrected chi connectivity index (χ4v) is 3.62. The van der Waals surface area contributed by atoms with E-state index < -0.39 is 10.8 Å². The summed E-state index contributed by atoms with van der Waals surface area (Å²) in [6.45, 7) is 1.09. The molecule has 1 atom stereocenters. The number of amides is 2. The minimum absolute atomic E-state index is 0.0408. The van der Waals surface area contributed by atoms with Crippen molar-refractivity contribution in [3.8, 4) is 0 Å². The maximum absolute atomic E-state index is 12.4. The van der Waals surface area contributed by atoms with Crippen molar-refractivity contribution in [3.63, 3.8) is 0 Å². The Labute approximate surface area is 143 Å². The van der Waals surface area contributed by atoms with E-state index in [0.29, 0.717) is 18.0 Å². The third-order valence-electron chi connectivity index (χ3n) is 4.01. The molecule has 1 aliphatic heterocycles. The van der Waals surface area contributed by atoms with Gasteiger partial charge in [0.25, 0.3) is 5.69 Å². The average Bonchev–Trinajstić information content (AvgIpc) is 2.59. The number of hydrogen-bond acceptors (Lipinski definition) is 6. The van der Waals surface area contributed by atoms with Crippen LogP contribution in [0.2, 0.25) is 0 Å². The zero-order valence-electron chi connectivity index (χ0n) is 13.1. The van der Waals surface area contributed by atoms with Crippen LogP contribution in [-0.4, -0.2) is 46.5 Å². The number of carbonyl (C=O) groups excluding carboxylic acids is 2. The number of likely N-dealkylation sites (tertiary alicyclic amines) is 1. The molecule has 0 spiro atoms. The van der Waals surface area contributed by atoms with Crippen molar-refractivity contribution in [3.05, 3.63) is 33.9 Å². The molecule has 1 unspecified atom stereocenters. The van der Waals surface area contributed by atoms with E-state index in [2.05, 4.69) is 0 Å². The molecule has 0 aliphatic carbocycles. The van der Waals surface area contributed by atoms with Crippen molar-refractivity contribution in [1.29, 1.82) is 0 Å². The van der Waals surface area contributed by atoms with Crippen LogP contribution < -0.4 is 11.5 Å². The maximum atomic E-state index is 12.4. The van der Waals surface area contributed by atoms with E-state index in [-0.39, 0.29) is 29.0 Å². The van der Waals surface area contributed by atoms with Crippen LogP contribution >= 0.6 is 11.8 Å². The van der Waals surface area contributed by atoms with Gasteiger partial charge in [0, 0.05) is 30.8 Å². The molecular weight excluding hydrogens is 332 g/mol. The molecule has 130 valence electrons. The highest BCUT2D eigenvalue weighted by molar-refractivity contribution is 8.00. The number of hydrogen-bond donors (Lipinski definition) is 2. The summed E-state index contributed by atoms with van der Waals surface area (Å²) in [5.74, 6) is -0.721. The van der Waals surface area contributed by atoms with Gasteiger partial charge < -0.3 is 16.4 Å². The Morgan fingerprint density at radius 2 is 2.12 bits per heavy atom. The molecule has 0 aromatic heterocycles. The van der Waals surface area contributed by atoms with Gasteiger partial charge in [-0.25, -0.2) is 0 Å². The molecule has 1 fully saturated rings. The zero-order chi connectivity index (χ0) is 17.7. The minimum atomic E-state index is -0.732. The van der Waals surface area contributed by atoms with E-state index in [9.17, 15) is 19.7 Å². The first-order valence-electron chi connectivity index (χ1n) is 7.64. The van der Waals surface area contributed by atoms with Crippen molar-refractivity contribution >= 4 is 29.3 Å². The number of rotatable bonds is 6. The van der Waals surface area contributed by atoms with Crippen molar-refractivity contribution in [2.45, 2.75) is 30.2 Å². The molecule has 9 heteroatoms. The second-order valence-corrected chi connectivity index (χ2v) is 6.58. The number of nitro benzene ring substituents is 1. The first-order chi connectivity index (χ1) is 11.4. The summed E-state index contributed by atoms with van der Waals surface area (Å²) in [5, 5.41) is 11.2. The van der Waals surface area contributed by atoms with Gasteiger partial charge in [-0.05, 0) is 31.4 Å². The third-order valence-corrected chi connectivity index (χ3v) is 5.06. The average molecular weight is 352 g/mol. The van der Waals surface area contributed by atoms with E-state index in [1.807, 2.05) is 0 Å². The topological polar surface area (TPSA) is 133 Å². The largest absolute Gasteiger partial charge is 0.366 e. The summed E-state index contributed by atoms with van der Waals surface area (Å²) in [6, 6.07) is 4.05. The number of benzene rings is 1. The first kappa shape index (κ1) is 18.2. The number of nitro groups is 1. The van der Waals surface area contributed by atoms with Crippen LogP contribution in [0.3, 0.4) is 0 Å². The lowest BCUT2D eigenvalue weighted by molar-refractivity contribution is -0.387. The summed E-state index contributed by atoms with van der Waals surface area (Å²) >= 11 is 1.08. The first-order valence-corrected chi connectivity index (χ1v) is 8.63. The van der Waals surface area contributed by atoms with E-state index >= 15 is 0 Å². The highest BCUT2D eigenvalue weighted by Crippen LogP contribution is 2.30. The monoisotopic (exact) mass is 352 g/mol. The van der Waals surface area contributed by atoms with E-state index in [0.717, 1.165) is 37.1 Å². The minimum Gasteiger partial charge on any atom is -0.366 e. The van der Waals surface area contributed by atoms with Crippen LogP contribution in [0.15, 0.2) is 23.1 Å². The van der Waals surface area contributed by atoms with Crippen molar-refractivity contribution < 1.29 is 14.5 Å². The van der Waals surface area contributed by atoms with Crippen LogP contribution in [-0.2, 0) is 4.79 Å². The normalized spacial score (nSPS) is 17.5. The Bertz CT molecular complexity index is 652. The number of primary amides is 1. The molecule has 2 amide bonds. The molecule has 1 aromatic rings. The van der Waals surface area contributed by atoms with Gasteiger partial charge in [0.2, 0.25) is 11.8 Å². The number of carbonyl (C=O) groups is 2. The number of nitrogens with zero attached hydrogens (tertiary/aromatic N) is 2. The Balaban J connectivity index is 2.09. The van der Waals surface area contributed by atoms with E-state index in [4.69, 9.17) is 11.5 Å². The molecule has 0 radical (unpaired) electrons. The van der Waals surface area contributed by atoms with Gasteiger partial charge in [0.1, 0.15) is 0 Å². The van der Waals surface area contributed by atoms with Crippen LogP contribution in [0.5, 0.6) is 0 Å². The summed E-state index contributed by atoms with van der Waals surface area (Å²) in [6.07, 6.45) is 2.89. The summed E-state index contributed by atoms with van der Waals surface area (Å²) < 4.78 is 0. The Morgan fingerprint density at radius 1 is 1.38 bits per heavy atom. The quantitative estimate of drug-likeness (QED) is 0.448. The van der Waals surface area contributed by atoms with Gasteiger partial charge in [-0.15, -0.1) is 11.8 Å². The molecule has 24 heavy (non-hydrogen) atoms. The molecule has 1 aromatic carbocycles. The molecular formula is C15H20N4O4S. The van der Waals surface area contributed by atoms with Gasteiger partial charge in [0.05, 0.1) is 15.6 Å². The van der Waals surface area contributed by atoms with Gasteiger partial charge >= 0.3 is 0 Å². The lowest BCUT2D eigenvalue weighted by Crippen LogP contribution is -2.48. The third kappa shape index (κ3) is 4.24. The standard InChI is InChI=1S/C15H20N4O4S/c16-8-11-3-1-2-6-18(11)14(20)9-24-13-5-4-10(15(17)21)7-12(13)19(22)23/h4-5,7,11H,1-3,6,8-9,16H2,(H2,17,21). The summed E-state index contributed by atoms with van der Waals surface area (Å²) in [4.78, 5) is 36.2. The highest BCUT2D eigenvalue weighted by atomic mass is 32.2. The predicted molar refractivity (Wildman–Crippen MR) is 90.7 cm³/mol. The summed E-state index contributed by atoms with van der Waals surface area (Å²) in [7, 11) is 0. The van der Waals surface area contributed by atoms with Crippen molar-refractivity contribution in [2.24, 2.45) is 11.5 Å². The molecule has 8 nitrogen and oxygen atoms in total. The number of thioether (sulfide) groups is 1. The smallest absolute Gasteiger partial charge is 0.283 e. The second kappa shape index (κ2) is 8.11. The lowest BCUT2D eigenvalue weighted by atomic mass is 10.0. The van der Waals surface area contributed by atoms with Gasteiger partial charge in [-0.1, -0.05) is 0 Å². The van der Waals surface area contributed by atoms with Crippen LogP contribution in [0.1, 0.15) is 29.6 Å². The summed E-state index contributed by atoms with van der Waals surface area (Å²) in [5.41, 5.74) is 10.7. The highest BCUT2D eigenvalue weighted by Gasteiger charge is 2.26.